The Morgan fingerprint density at radius 3 is 3.00 bits per heavy atom. The van der Waals surface area contributed by atoms with Crippen LogP contribution >= 0.6 is 11.3 Å². The molecule has 0 saturated carbocycles. The first-order chi connectivity index (χ1) is 7.24. The highest BCUT2D eigenvalue weighted by atomic mass is 32.1. The Labute approximate surface area is 91.9 Å². The molecule has 4 nitrogen and oxygen atoms in total. The van der Waals surface area contributed by atoms with Crippen molar-refractivity contribution in [3.05, 3.63) is 34.7 Å². The van der Waals surface area contributed by atoms with Gasteiger partial charge >= 0.3 is 5.97 Å². The molecule has 1 heterocycles. The van der Waals surface area contributed by atoms with Crippen LogP contribution in [0.2, 0.25) is 0 Å². The minimum absolute atomic E-state index is 0.404. The number of thiazole rings is 1. The van der Waals surface area contributed by atoms with Crippen LogP contribution in [0, 0.1) is 0 Å². The predicted octanol–water partition coefficient (Wildman–Crippen LogP) is 2.21. The molecule has 0 aliphatic carbocycles. The van der Waals surface area contributed by atoms with Crippen molar-refractivity contribution >= 4 is 23.4 Å². The Kier molecular flexibility index (Phi) is 4.56. The molecule has 80 valence electrons. The standard InChI is InChI=1S/C10H11NO3S/c1-8(7-13-2)10(12)14-5-3-9-11-4-6-15-9/h3-7H,1-2H3. The predicted molar refractivity (Wildman–Crippen MR) is 58.0 cm³/mol. The van der Waals surface area contributed by atoms with E-state index in [0.717, 1.165) is 5.01 Å². The van der Waals surface area contributed by atoms with Gasteiger partial charge in [-0.3, -0.25) is 0 Å². The summed E-state index contributed by atoms with van der Waals surface area (Å²) in [6.07, 6.45) is 5.96. The van der Waals surface area contributed by atoms with E-state index in [1.165, 1.54) is 31.0 Å². The largest absolute Gasteiger partial charge is 0.504 e. The van der Waals surface area contributed by atoms with Crippen molar-refractivity contribution in [1.82, 2.24) is 4.98 Å². The fourth-order valence-electron chi connectivity index (χ4n) is 0.789. The molecule has 1 aromatic rings. The SMILES string of the molecule is COC=C(C)C(=O)OC=Cc1nccs1. The van der Waals surface area contributed by atoms with Gasteiger partial charge in [-0.15, -0.1) is 11.3 Å². The second kappa shape index (κ2) is 5.98. The van der Waals surface area contributed by atoms with E-state index in [-0.39, 0.29) is 0 Å². The summed E-state index contributed by atoms with van der Waals surface area (Å²) in [6.45, 7) is 1.61. The first-order valence-electron chi connectivity index (χ1n) is 4.20. The zero-order valence-electron chi connectivity index (χ0n) is 8.47. The van der Waals surface area contributed by atoms with Crippen molar-refractivity contribution in [1.29, 1.82) is 0 Å². The van der Waals surface area contributed by atoms with E-state index < -0.39 is 5.97 Å². The van der Waals surface area contributed by atoms with Crippen molar-refractivity contribution < 1.29 is 14.3 Å². The number of aromatic nitrogens is 1. The summed E-state index contributed by atoms with van der Waals surface area (Å²) >= 11 is 1.46. The quantitative estimate of drug-likeness (QED) is 0.448. The molecule has 0 saturated heterocycles. The number of hydrogen-bond donors (Lipinski definition) is 0. The van der Waals surface area contributed by atoms with Gasteiger partial charge in [0.05, 0.1) is 25.2 Å². The first-order valence-corrected chi connectivity index (χ1v) is 5.08. The van der Waals surface area contributed by atoms with E-state index in [2.05, 4.69) is 9.72 Å². The van der Waals surface area contributed by atoms with Crippen molar-refractivity contribution in [2.45, 2.75) is 6.92 Å². The van der Waals surface area contributed by atoms with Gasteiger partial charge in [0.25, 0.3) is 0 Å². The van der Waals surface area contributed by atoms with Crippen molar-refractivity contribution in [3.63, 3.8) is 0 Å². The number of carbonyl (C=O) groups excluding carboxylic acids is 1. The van der Waals surface area contributed by atoms with Gasteiger partial charge in [0.2, 0.25) is 0 Å². The molecular formula is C10H11NO3S. The van der Waals surface area contributed by atoms with Crippen LogP contribution in [-0.2, 0) is 14.3 Å². The smallest absolute Gasteiger partial charge is 0.341 e. The summed E-state index contributed by atoms with van der Waals surface area (Å²) in [5, 5.41) is 2.63. The van der Waals surface area contributed by atoms with Crippen LogP contribution in [0.4, 0.5) is 0 Å². The molecule has 0 spiro atoms. The summed E-state index contributed by atoms with van der Waals surface area (Å²) in [5.74, 6) is -0.440. The van der Waals surface area contributed by atoms with Gasteiger partial charge in [-0.2, -0.15) is 0 Å². The minimum Gasteiger partial charge on any atom is -0.504 e. The lowest BCUT2D eigenvalue weighted by Gasteiger charge is -1.97. The number of ether oxygens (including phenoxy) is 2. The number of hydrogen-bond acceptors (Lipinski definition) is 5. The van der Waals surface area contributed by atoms with Crippen LogP contribution < -0.4 is 0 Å². The molecule has 0 unspecified atom stereocenters. The van der Waals surface area contributed by atoms with Gasteiger partial charge < -0.3 is 9.47 Å². The van der Waals surface area contributed by atoms with E-state index in [4.69, 9.17) is 4.74 Å². The zero-order valence-corrected chi connectivity index (χ0v) is 9.28. The van der Waals surface area contributed by atoms with Gasteiger partial charge in [0.15, 0.2) is 0 Å². The molecular weight excluding hydrogens is 214 g/mol. The van der Waals surface area contributed by atoms with Crippen LogP contribution in [-0.4, -0.2) is 18.1 Å². The van der Waals surface area contributed by atoms with E-state index in [1.54, 1.807) is 19.2 Å². The Morgan fingerprint density at radius 2 is 2.40 bits per heavy atom. The maximum absolute atomic E-state index is 11.2. The molecule has 0 bridgehead atoms. The minimum atomic E-state index is -0.440. The monoisotopic (exact) mass is 225 g/mol. The number of rotatable bonds is 4. The second-order valence-electron chi connectivity index (χ2n) is 2.61. The molecule has 15 heavy (non-hydrogen) atoms. The van der Waals surface area contributed by atoms with Gasteiger partial charge in [-0.1, -0.05) is 0 Å². The fourth-order valence-corrected chi connectivity index (χ4v) is 1.31. The lowest BCUT2D eigenvalue weighted by molar-refractivity contribution is -0.133. The molecule has 0 aromatic carbocycles. The maximum Gasteiger partial charge on any atom is 0.341 e. The molecule has 1 rings (SSSR count). The van der Waals surface area contributed by atoms with E-state index >= 15 is 0 Å². The third-order valence-corrected chi connectivity index (χ3v) is 2.19. The molecule has 0 N–H and O–H groups in total. The number of carbonyl (C=O) groups is 1. The zero-order chi connectivity index (χ0) is 11.1. The number of methoxy groups -OCH3 is 1. The topological polar surface area (TPSA) is 48.4 Å². The van der Waals surface area contributed by atoms with E-state index in [1.807, 2.05) is 5.38 Å². The summed E-state index contributed by atoms with van der Waals surface area (Å²) in [6, 6.07) is 0. The van der Waals surface area contributed by atoms with Crippen molar-refractivity contribution in [2.75, 3.05) is 7.11 Å². The second-order valence-corrected chi connectivity index (χ2v) is 3.54. The van der Waals surface area contributed by atoms with Crippen LogP contribution in [0.3, 0.4) is 0 Å². The average molecular weight is 225 g/mol. The Balaban J connectivity index is 2.44. The lowest BCUT2D eigenvalue weighted by Crippen LogP contribution is -2.01. The molecule has 0 aliphatic rings. The molecule has 0 aliphatic heterocycles. The van der Waals surface area contributed by atoms with Crippen LogP contribution in [0.5, 0.6) is 0 Å². The van der Waals surface area contributed by atoms with Crippen LogP contribution in [0.1, 0.15) is 11.9 Å². The van der Waals surface area contributed by atoms with Gasteiger partial charge in [-0.05, 0) is 6.92 Å². The highest BCUT2D eigenvalue weighted by Crippen LogP contribution is 2.06. The van der Waals surface area contributed by atoms with Crippen molar-refractivity contribution in [2.24, 2.45) is 0 Å². The highest BCUT2D eigenvalue weighted by Gasteiger charge is 2.03. The van der Waals surface area contributed by atoms with Gasteiger partial charge in [-0.25, -0.2) is 9.78 Å². The Morgan fingerprint density at radius 1 is 1.60 bits per heavy atom. The molecule has 0 radical (unpaired) electrons. The van der Waals surface area contributed by atoms with Gasteiger partial charge in [0.1, 0.15) is 5.01 Å². The molecule has 1 aromatic heterocycles. The summed E-state index contributed by atoms with van der Waals surface area (Å²) < 4.78 is 9.51. The molecule has 5 heteroatoms. The maximum atomic E-state index is 11.2. The van der Waals surface area contributed by atoms with Crippen LogP contribution in [0.15, 0.2) is 29.7 Å². The Hall–Kier alpha value is -1.62. The number of esters is 1. The van der Waals surface area contributed by atoms with Gasteiger partial charge in [0, 0.05) is 17.7 Å². The van der Waals surface area contributed by atoms with Crippen molar-refractivity contribution in [3.8, 4) is 0 Å². The summed E-state index contributed by atoms with van der Waals surface area (Å²) in [5.41, 5.74) is 0.404. The van der Waals surface area contributed by atoms with E-state index in [9.17, 15) is 4.79 Å². The molecule has 0 atom stereocenters. The average Bonchev–Trinajstić information content (AvgIpc) is 2.71. The summed E-state index contributed by atoms with van der Waals surface area (Å²) in [7, 11) is 1.47. The first kappa shape index (κ1) is 11.5. The highest BCUT2D eigenvalue weighted by molar-refractivity contribution is 7.10. The molecule has 0 amide bonds. The fraction of sp³-hybridized carbons (Fsp3) is 0.200. The Bertz CT molecular complexity index is 368. The normalized spacial score (nSPS) is 11.7. The molecule has 0 fully saturated rings. The third-order valence-electron chi connectivity index (χ3n) is 1.45. The summed E-state index contributed by atoms with van der Waals surface area (Å²) in [4.78, 5) is 15.2. The van der Waals surface area contributed by atoms with Crippen LogP contribution in [0.25, 0.3) is 6.08 Å². The lowest BCUT2D eigenvalue weighted by atomic mass is 10.3. The third kappa shape index (κ3) is 3.95. The number of nitrogens with zero attached hydrogens (tertiary/aromatic N) is 1. The van der Waals surface area contributed by atoms with E-state index in [0.29, 0.717) is 5.57 Å².